The van der Waals surface area contributed by atoms with Gasteiger partial charge < -0.3 is 19.4 Å². The average molecular weight is 488 g/mol. The summed E-state index contributed by atoms with van der Waals surface area (Å²) < 4.78 is 7.42. The van der Waals surface area contributed by atoms with Crippen LogP contribution >= 0.6 is 11.6 Å². The van der Waals surface area contributed by atoms with Gasteiger partial charge in [0, 0.05) is 50.2 Å². The number of ether oxygens (including phenoxy) is 1. The Balaban J connectivity index is 1.59. The Morgan fingerprint density at radius 2 is 1.59 bits per heavy atom. The molecule has 0 saturated carbocycles. The molecule has 2 aliphatic heterocycles. The molecule has 2 saturated heterocycles. The topological polar surface area (TPSA) is 70.9 Å². The number of likely N-dealkylation sites (tertiary alicyclic amines) is 1. The number of hydrogen-bond donors (Lipinski definition) is 0. The Kier molecular flexibility index (Phi) is 7.19. The van der Waals surface area contributed by atoms with E-state index in [1.165, 1.54) is 0 Å². The number of benzene rings is 1. The summed E-state index contributed by atoms with van der Waals surface area (Å²) in [5.41, 5.74) is 1.90. The van der Waals surface area contributed by atoms with E-state index in [1.54, 1.807) is 11.1 Å². The second kappa shape index (κ2) is 9.96. The zero-order valence-corrected chi connectivity index (χ0v) is 21.2. The number of halogens is 1. The van der Waals surface area contributed by atoms with Crippen molar-refractivity contribution < 1.29 is 14.3 Å². The first kappa shape index (κ1) is 24.5. The van der Waals surface area contributed by atoms with Gasteiger partial charge in [-0.3, -0.25) is 4.79 Å². The van der Waals surface area contributed by atoms with Crippen molar-refractivity contribution in [3.63, 3.8) is 0 Å². The molecule has 0 unspecified atom stereocenters. The van der Waals surface area contributed by atoms with Crippen LogP contribution in [0.3, 0.4) is 0 Å². The maximum Gasteiger partial charge on any atom is 0.410 e. The Bertz CT molecular complexity index is 1010. The van der Waals surface area contributed by atoms with Gasteiger partial charge in [-0.15, -0.1) is 0 Å². The van der Waals surface area contributed by atoms with Crippen molar-refractivity contribution in [3.8, 4) is 5.69 Å². The molecule has 0 aliphatic carbocycles. The third-order valence-corrected chi connectivity index (χ3v) is 6.68. The van der Waals surface area contributed by atoms with Crippen molar-refractivity contribution in [3.05, 3.63) is 46.7 Å². The highest BCUT2D eigenvalue weighted by molar-refractivity contribution is 6.30. The number of rotatable bonds is 3. The van der Waals surface area contributed by atoms with Gasteiger partial charge in [0.15, 0.2) is 0 Å². The molecule has 3 heterocycles. The lowest BCUT2D eigenvalue weighted by Crippen LogP contribution is -2.47. The molecule has 0 spiro atoms. The lowest BCUT2D eigenvalue weighted by molar-refractivity contribution is 0.0202. The molecule has 1 aromatic heterocycles. The molecule has 2 fully saturated rings. The van der Waals surface area contributed by atoms with E-state index in [0.29, 0.717) is 36.8 Å². The number of hydrogen-bond acceptors (Lipinski definition) is 5. The molecule has 34 heavy (non-hydrogen) atoms. The van der Waals surface area contributed by atoms with Crippen molar-refractivity contribution in [2.75, 3.05) is 46.3 Å². The van der Waals surface area contributed by atoms with E-state index in [0.717, 1.165) is 37.3 Å². The van der Waals surface area contributed by atoms with Crippen LogP contribution in [0.25, 0.3) is 5.69 Å². The molecule has 0 atom stereocenters. The van der Waals surface area contributed by atoms with Crippen molar-refractivity contribution in [2.45, 2.75) is 45.1 Å². The summed E-state index contributed by atoms with van der Waals surface area (Å²) in [6, 6.07) is 7.49. The smallest absolute Gasteiger partial charge is 0.410 e. The number of likely N-dealkylation sites (N-methyl/N-ethyl adjacent to an activating group) is 1. The van der Waals surface area contributed by atoms with E-state index in [2.05, 4.69) is 17.0 Å². The molecule has 184 valence electrons. The van der Waals surface area contributed by atoms with E-state index in [9.17, 15) is 9.59 Å². The quantitative estimate of drug-likeness (QED) is 0.653. The molecule has 0 bridgehead atoms. The van der Waals surface area contributed by atoms with Crippen LogP contribution < -0.4 is 0 Å². The molecule has 4 rings (SSSR count). The van der Waals surface area contributed by atoms with Gasteiger partial charge in [0.05, 0.1) is 23.1 Å². The van der Waals surface area contributed by atoms with Crippen molar-refractivity contribution in [1.82, 2.24) is 24.5 Å². The second-order valence-corrected chi connectivity index (χ2v) is 10.6. The molecule has 2 amide bonds. The van der Waals surface area contributed by atoms with Crippen LogP contribution in [0.2, 0.25) is 5.02 Å². The zero-order valence-electron chi connectivity index (χ0n) is 20.5. The van der Waals surface area contributed by atoms with Crippen LogP contribution in [-0.2, 0) is 4.74 Å². The molecule has 0 N–H and O–H groups in total. The lowest BCUT2D eigenvalue weighted by atomic mass is 9.90. The molecule has 1 aromatic carbocycles. The van der Waals surface area contributed by atoms with Gasteiger partial charge in [-0.1, -0.05) is 11.6 Å². The number of amides is 2. The van der Waals surface area contributed by atoms with E-state index >= 15 is 0 Å². The Hall–Kier alpha value is -2.58. The van der Waals surface area contributed by atoms with Crippen LogP contribution in [0.15, 0.2) is 30.5 Å². The summed E-state index contributed by atoms with van der Waals surface area (Å²) in [6.45, 7) is 9.91. The zero-order chi connectivity index (χ0) is 24.5. The normalized spacial score (nSPS) is 18.3. The number of nitrogens with zero attached hydrogens (tertiary/aromatic N) is 5. The fraction of sp³-hybridized carbons (Fsp3) is 0.560. The van der Waals surface area contributed by atoms with Gasteiger partial charge in [-0.2, -0.15) is 5.10 Å². The third kappa shape index (κ3) is 5.55. The highest BCUT2D eigenvalue weighted by atomic mass is 35.5. The second-order valence-electron chi connectivity index (χ2n) is 10.2. The average Bonchev–Trinajstić information content (AvgIpc) is 3.23. The van der Waals surface area contributed by atoms with Gasteiger partial charge >= 0.3 is 6.09 Å². The van der Waals surface area contributed by atoms with Gasteiger partial charge in [0.25, 0.3) is 5.91 Å². The fourth-order valence-electron chi connectivity index (χ4n) is 4.55. The van der Waals surface area contributed by atoms with Gasteiger partial charge in [0.2, 0.25) is 0 Å². The summed E-state index contributed by atoms with van der Waals surface area (Å²) in [7, 11) is 2.07. The van der Waals surface area contributed by atoms with Gasteiger partial charge in [0.1, 0.15) is 5.60 Å². The summed E-state index contributed by atoms with van der Waals surface area (Å²) in [6.07, 6.45) is 2.89. The predicted octanol–water partition coefficient (Wildman–Crippen LogP) is 4.03. The highest BCUT2D eigenvalue weighted by Crippen LogP contribution is 2.33. The third-order valence-electron chi connectivity index (χ3n) is 6.43. The minimum absolute atomic E-state index is 0.0258. The molecule has 9 heteroatoms. The maximum absolute atomic E-state index is 13.5. The predicted molar refractivity (Wildman–Crippen MR) is 132 cm³/mol. The number of piperidine rings is 1. The van der Waals surface area contributed by atoms with Crippen LogP contribution in [0, 0.1) is 0 Å². The standard InChI is InChI=1S/C25H34ClN5O3/c1-25(2,3)34-24(33)30-11-9-18(10-12-30)22-21(23(32)29-15-13-28(4)14-16-29)17-27-31(22)20-7-5-19(26)6-8-20/h5-8,17-18H,9-16H2,1-4H3. The van der Waals surface area contributed by atoms with Gasteiger partial charge in [-0.05, 0) is 64.9 Å². The first-order chi connectivity index (χ1) is 16.1. The number of carbonyl (C=O) groups is 2. The van der Waals surface area contributed by atoms with E-state index in [4.69, 9.17) is 16.3 Å². The summed E-state index contributed by atoms with van der Waals surface area (Å²) >= 11 is 6.10. The lowest BCUT2D eigenvalue weighted by Gasteiger charge is -2.35. The minimum atomic E-state index is -0.525. The molecular weight excluding hydrogens is 454 g/mol. The highest BCUT2D eigenvalue weighted by Gasteiger charge is 2.33. The van der Waals surface area contributed by atoms with Crippen LogP contribution in [0.4, 0.5) is 4.79 Å². The molecular formula is C25H34ClN5O3. The van der Waals surface area contributed by atoms with Crippen molar-refractivity contribution in [2.24, 2.45) is 0 Å². The van der Waals surface area contributed by atoms with Crippen molar-refractivity contribution >= 4 is 23.6 Å². The maximum atomic E-state index is 13.5. The summed E-state index contributed by atoms with van der Waals surface area (Å²) in [5.74, 6) is 0.126. The van der Waals surface area contributed by atoms with E-state index in [-0.39, 0.29) is 17.9 Å². The van der Waals surface area contributed by atoms with E-state index in [1.807, 2.05) is 54.6 Å². The van der Waals surface area contributed by atoms with Gasteiger partial charge in [-0.25, -0.2) is 9.48 Å². The molecule has 0 radical (unpaired) electrons. The summed E-state index contributed by atoms with van der Waals surface area (Å²) in [5, 5.41) is 5.29. The molecule has 8 nitrogen and oxygen atoms in total. The van der Waals surface area contributed by atoms with Crippen LogP contribution in [-0.4, -0.2) is 88.4 Å². The molecule has 2 aromatic rings. The monoisotopic (exact) mass is 487 g/mol. The number of carbonyl (C=O) groups excluding carboxylic acids is 2. The Labute approximate surface area is 206 Å². The number of aromatic nitrogens is 2. The fourth-order valence-corrected chi connectivity index (χ4v) is 4.67. The largest absolute Gasteiger partial charge is 0.444 e. The van der Waals surface area contributed by atoms with Crippen LogP contribution in [0.1, 0.15) is 55.6 Å². The molecule has 2 aliphatic rings. The van der Waals surface area contributed by atoms with E-state index < -0.39 is 5.60 Å². The minimum Gasteiger partial charge on any atom is -0.444 e. The first-order valence-electron chi connectivity index (χ1n) is 11.9. The van der Waals surface area contributed by atoms with Crippen LogP contribution in [0.5, 0.6) is 0 Å². The Morgan fingerprint density at radius 3 is 2.18 bits per heavy atom. The van der Waals surface area contributed by atoms with Crippen molar-refractivity contribution in [1.29, 1.82) is 0 Å². The first-order valence-corrected chi connectivity index (χ1v) is 12.3. The SMILES string of the molecule is CN1CCN(C(=O)c2cnn(-c3ccc(Cl)cc3)c2C2CCN(C(=O)OC(C)(C)C)CC2)CC1. The summed E-state index contributed by atoms with van der Waals surface area (Å²) in [4.78, 5) is 32.0. The number of piperazine rings is 1. The Morgan fingerprint density at radius 1 is 0.971 bits per heavy atom.